The van der Waals surface area contributed by atoms with Crippen LogP contribution in [0.2, 0.25) is 0 Å². The lowest BCUT2D eigenvalue weighted by molar-refractivity contribution is -0.175. The number of alkyl halides is 3. The molecule has 0 aromatic heterocycles. The SMILES string of the molecule is C=C(C)C(=O)OC(CC)COC(=O)CC(F)(F)F. The highest BCUT2D eigenvalue weighted by Gasteiger charge is 2.32. The molecule has 0 amide bonds. The van der Waals surface area contributed by atoms with E-state index in [1.54, 1.807) is 6.92 Å². The Kier molecular flexibility index (Phi) is 6.43. The van der Waals surface area contributed by atoms with Crippen LogP contribution in [-0.4, -0.2) is 30.8 Å². The Balaban J connectivity index is 4.12. The molecule has 0 saturated carbocycles. The van der Waals surface area contributed by atoms with E-state index in [4.69, 9.17) is 4.74 Å². The van der Waals surface area contributed by atoms with Gasteiger partial charge in [0, 0.05) is 5.57 Å². The van der Waals surface area contributed by atoms with Gasteiger partial charge in [-0.2, -0.15) is 13.2 Å². The molecule has 0 radical (unpaired) electrons. The minimum Gasteiger partial charge on any atom is -0.461 e. The molecule has 0 aliphatic carbocycles. The van der Waals surface area contributed by atoms with Gasteiger partial charge in [-0.1, -0.05) is 13.5 Å². The number of hydrogen-bond donors (Lipinski definition) is 0. The second kappa shape index (κ2) is 7.03. The second-order valence-corrected chi connectivity index (χ2v) is 3.69. The van der Waals surface area contributed by atoms with Crippen LogP contribution in [0.1, 0.15) is 26.7 Å². The van der Waals surface area contributed by atoms with E-state index in [2.05, 4.69) is 11.3 Å². The van der Waals surface area contributed by atoms with Gasteiger partial charge >= 0.3 is 18.1 Å². The van der Waals surface area contributed by atoms with Gasteiger partial charge in [0.1, 0.15) is 19.1 Å². The van der Waals surface area contributed by atoms with Crippen LogP contribution in [0.4, 0.5) is 13.2 Å². The molecule has 18 heavy (non-hydrogen) atoms. The van der Waals surface area contributed by atoms with Gasteiger partial charge in [-0.15, -0.1) is 0 Å². The topological polar surface area (TPSA) is 52.6 Å². The molecule has 0 heterocycles. The first-order valence-electron chi connectivity index (χ1n) is 5.24. The average molecular weight is 268 g/mol. The summed E-state index contributed by atoms with van der Waals surface area (Å²) in [6.07, 6.45) is -6.71. The quantitative estimate of drug-likeness (QED) is 0.548. The predicted octanol–water partition coefficient (Wildman–Crippen LogP) is 2.38. The lowest BCUT2D eigenvalue weighted by Crippen LogP contribution is -2.26. The summed E-state index contributed by atoms with van der Waals surface area (Å²) < 4.78 is 44.7. The second-order valence-electron chi connectivity index (χ2n) is 3.69. The Bertz CT molecular complexity index is 323. The summed E-state index contributed by atoms with van der Waals surface area (Å²) in [5.41, 5.74) is 0.162. The maximum absolute atomic E-state index is 11.8. The first-order chi connectivity index (χ1) is 8.15. The monoisotopic (exact) mass is 268 g/mol. The summed E-state index contributed by atoms with van der Waals surface area (Å²) in [7, 11) is 0. The maximum atomic E-state index is 11.8. The zero-order valence-electron chi connectivity index (χ0n) is 10.2. The molecule has 1 atom stereocenters. The van der Waals surface area contributed by atoms with E-state index in [9.17, 15) is 22.8 Å². The van der Waals surface area contributed by atoms with E-state index in [1.165, 1.54) is 6.92 Å². The fourth-order valence-corrected chi connectivity index (χ4v) is 0.888. The van der Waals surface area contributed by atoms with E-state index in [0.29, 0.717) is 6.42 Å². The maximum Gasteiger partial charge on any atom is 0.399 e. The van der Waals surface area contributed by atoms with Crippen molar-refractivity contribution in [1.29, 1.82) is 0 Å². The number of carbonyl (C=O) groups is 2. The number of esters is 2. The summed E-state index contributed by atoms with van der Waals surface area (Å²) in [6, 6.07) is 0. The number of carbonyl (C=O) groups excluding carboxylic acids is 2. The van der Waals surface area contributed by atoms with Crippen LogP contribution in [0, 0.1) is 0 Å². The summed E-state index contributed by atoms with van der Waals surface area (Å²) >= 11 is 0. The highest BCUT2D eigenvalue weighted by atomic mass is 19.4. The Morgan fingerprint density at radius 2 is 1.89 bits per heavy atom. The third kappa shape index (κ3) is 7.70. The third-order valence-electron chi connectivity index (χ3n) is 1.85. The van der Waals surface area contributed by atoms with E-state index in [0.717, 1.165) is 0 Å². The fraction of sp³-hybridized carbons (Fsp3) is 0.636. The Morgan fingerprint density at radius 3 is 2.28 bits per heavy atom. The molecule has 1 unspecified atom stereocenters. The van der Waals surface area contributed by atoms with Crippen molar-refractivity contribution in [3.63, 3.8) is 0 Å². The summed E-state index contributed by atoms with van der Waals surface area (Å²) in [5, 5.41) is 0. The van der Waals surface area contributed by atoms with Crippen molar-refractivity contribution in [2.45, 2.75) is 39.0 Å². The van der Waals surface area contributed by atoms with Crippen LogP contribution in [0.15, 0.2) is 12.2 Å². The van der Waals surface area contributed by atoms with E-state index < -0.39 is 37.2 Å². The molecule has 0 aromatic rings. The largest absolute Gasteiger partial charge is 0.461 e. The van der Waals surface area contributed by atoms with Gasteiger partial charge in [0.2, 0.25) is 0 Å². The summed E-state index contributed by atoms with van der Waals surface area (Å²) in [5.74, 6) is -2.07. The molecule has 0 aliphatic rings. The molecule has 0 bridgehead atoms. The first kappa shape index (κ1) is 16.5. The van der Waals surface area contributed by atoms with Crippen molar-refractivity contribution in [3.8, 4) is 0 Å². The lowest BCUT2D eigenvalue weighted by Gasteiger charge is -2.16. The number of rotatable bonds is 6. The van der Waals surface area contributed by atoms with Crippen molar-refractivity contribution < 1.29 is 32.2 Å². The molecule has 7 heteroatoms. The third-order valence-corrected chi connectivity index (χ3v) is 1.85. The van der Waals surface area contributed by atoms with Gasteiger partial charge in [0.25, 0.3) is 0 Å². The smallest absolute Gasteiger partial charge is 0.399 e. The molecular formula is C11H15F3O4. The Hall–Kier alpha value is -1.53. The zero-order valence-corrected chi connectivity index (χ0v) is 10.2. The van der Waals surface area contributed by atoms with Crippen molar-refractivity contribution in [2.75, 3.05) is 6.61 Å². The van der Waals surface area contributed by atoms with Crippen molar-refractivity contribution in [3.05, 3.63) is 12.2 Å². The van der Waals surface area contributed by atoms with Crippen LogP contribution < -0.4 is 0 Å². The van der Waals surface area contributed by atoms with Crippen molar-refractivity contribution in [1.82, 2.24) is 0 Å². The summed E-state index contributed by atoms with van der Waals surface area (Å²) in [6.45, 7) is 6.04. The molecular weight excluding hydrogens is 253 g/mol. The van der Waals surface area contributed by atoms with Gasteiger partial charge < -0.3 is 9.47 Å². The van der Waals surface area contributed by atoms with Crippen LogP contribution in [-0.2, 0) is 19.1 Å². The van der Waals surface area contributed by atoms with Gasteiger partial charge in [-0.25, -0.2) is 4.79 Å². The number of halogens is 3. The van der Waals surface area contributed by atoms with Crippen LogP contribution in [0.25, 0.3) is 0 Å². The van der Waals surface area contributed by atoms with Crippen molar-refractivity contribution >= 4 is 11.9 Å². The molecule has 0 aliphatic heterocycles. The minimum absolute atomic E-state index is 0.162. The van der Waals surface area contributed by atoms with Crippen LogP contribution in [0.3, 0.4) is 0 Å². The molecule has 0 fully saturated rings. The molecule has 0 saturated heterocycles. The van der Waals surface area contributed by atoms with E-state index in [-0.39, 0.29) is 5.57 Å². The standard InChI is InChI=1S/C11H15F3O4/c1-4-8(18-10(16)7(2)3)6-17-9(15)5-11(12,13)14/h8H,2,4-6H2,1,3H3. The molecule has 0 spiro atoms. The highest BCUT2D eigenvalue weighted by molar-refractivity contribution is 5.87. The molecule has 0 rings (SSSR count). The predicted molar refractivity (Wildman–Crippen MR) is 56.6 cm³/mol. The fourth-order valence-electron chi connectivity index (χ4n) is 0.888. The highest BCUT2D eigenvalue weighted by Crippen LogP contribution is 2.20. The van der Waals surface area contributed by atoms with E-state index in [1.807, 2.05) is 0 Å². The van der Waals surface area contributed by atoms with Gasteiger partial charge in [0.05, 0.1) is 0 Å². The molecule has 0 aromatic carbocycles. The first-order valence-corrected chi connectivity index (χ1v) is 5.24. The summed E-state index contributed by atoms with van der Waals surface area (Å²) in [4.78, 5) is 21.9. The Morgan fingerprint density at radius 1 is 1.33 bits per heavy atom. The molecule has 104 valence electrons. The zero-order chi connectivity index (χ0) is 14.3. The van der Waals surface area contributed by atoms with Gasteiger partial charge in [-0.3, -0.25) is 4.79 Å². The van der Waals surface area contributed by atoms with Crippen LogP contribution >= 0.6 is 0 Å². The van der Waals surface area contributed by atoms with Gasteiger partial charge in [0.15, 0.2) is 0 Å². The van der Waals surface area contributed by atoms with Crippen LogP contribution in [0.5, 0.6) is 0 Å². The average Bonchev–Trinajstić information content (AvgIpc) is 2.21. The lowest BCUT2D eigenvalue weighted by atomic mass is 10.3. The minimum atomic E-state index is -4.60. The number of ether oxygens (including phenoxy) is 2. The molecule has 4 nitrogen and oxygen atoms in total. The van der Waals surface area contributed by atoms with E-state index >= 15 is 0 Å². The van der Waals surface area contributed by atoms with Crippen molar-refractivity contribution in [2.24, 2.45) is 0 Å². The normalized spacial score (nSPS) is 12.7. The molecule has 0 N–H and O–H groups in total. The Labute approximate surface area is 103 Å². The number of hydrogen-bond acceptors (Lipinski definition) is 4. The van der Waals surface area contributed by atoms with Gasteiger partial charge in [-0.05, 0) is 13.3 Å².